The summed E-state index contributed by atoms with van der Waals surface area (Å²) in [4.78, 5) is 22.9. The molecule has 2 rings (SSSR count). The molecule has 0 radical (unpaired) electrons. The molecule has 1 N–H and O–H groups in total. The van der Waals surface area contributed by atoms with Crippen LogP contribution in [0.2, 0.25) is 0 Å². The van der Waals surface area contributed by atoms with Crippen LogP contribution in [-0.4, -0.2) is 44.8 Å². The van der Waals surface area contributed by atoms with Gasteiger partial charge in [0.05, 0.1) is 13.2 Å². The molecule has 0 unspecified atom stereocenters. The zero-order valence-corrected chi connectivity index (χ0v) is 13.4. The second kappa shape index (κ2) is 9.15. The Balaban J connectivity index is 1.70. The summed E-state index contributed by atoms with van der Waals surface area (Å²) in [7, 11) is 1.35. The van der Waals surface area contributed by atoms with Gasteiger partial charge >= 0.3 is 5.97 Å². The Kier molecular flexibility index (Phi) is 6.87. The van der Waals surface area contributed by atoms with Crippen LogP contribution >= 0.6 is 0 Å². The van der Waals surface area contributed by atoms with E-state index in [9.17, 15) is 9.59 Å². The summed E-state index contributed by atoms with van der Waals surface area (Å²) in [5.41, 5.74) is 0.563. The Morgan fingerprint density at radius 2 is 2.09 bits per heavy atom. The first-order chi connectivity index (χ1) is 11.2. The van der Waals surface area contributed by atoms with Crippen molar-refractivity contribution in [3.8, 4) is 5.75 Å². The van der Waals surface area contributed by atoms with E-state index < -0.39 is 0 Å². The van der Waals surface area contributed by atoms with Crippen molar-refractivity contribution in [2.75, 3.05) is 26.9 Å². The van der Waals surface area contributed by atoms with Crippen molar-refractivity contribution in [3.63, 3.8) is 0 Å². The number of carbonyl (C=O) groups excluding carboxylic acids is 2. The van der Waals surface area contributed by atoms with Gasteiger partial charge < -0.3 is 19.5 Å². The van der Waals surface area contributed by atoms with Gasteiger partial charge in [0, 0.05) is 25.1 Å². The molecule has 0 aromatic heterocycles. The van der Waals surface area contributed by atoms with Crippen molar-refractivity contribution < 1.29 is 23.8 Å². The fourth-order valence-electron chi connectivity index (χ4n) is 2.31. The molecule has 1 fully saturated rings. The first-order valence-corrected chi connectivity index (χ1v) is 7.88. The molecule has 1 aliphatic rings. The van der Waals surface area contributed by atoms with Crippen LogP contribution in [0.5, 0.6) is 5.75 Å². The highest BCUT2D eigenvalue weighted by Crippen LogP contribution is 2.16. The molecule has 0 bridgehead atoms. The molecule has 23 heavy (non-hydrogen) atoms. The van der Waals surface area contributed by atoms with Crippen LogP contribution in [0.3, 0.4) is 0 Å². The van der Waals surface area contributed by atoms with Gasteiger partial charge in [-0.25, -0.2) is 0 Å². The van der Waals surface area contributed by atoms with E-state index in [1.54, 1.807) is 24.3 Å². The molecule has 1 aromatic carbocycles. The first kappa shape index (κ1) is 17.3. The van der Waals surface area contributed by atoms with E-state index in [1.165, 1.54) is 7.11 Å². The summed E-state index contributed by atoms with van der Waals surface area (Å²) in [5.74, 6) is 0.287. The molecule has 1 amide bonds. The van der Waals surface area contributed by atoms with E-state index >= 15 is 0 Å². The summed E-state index contributed by atoms with van der Waals surface area (Å²) < 4.78 is 15.7. The second-order valence-electron chi connectivity index (χ2n) is 5.41. The number of hydrogen-bond acceptors (Lipinski definition) is 5. The van der Waals surface area contributed by atoms with Crippen molar-refractivity contribution in [2.45, 2.75) is 31.8 Å². The van der Waals surface area contributed by atoms with Gasteiger partial charge in [-0.1, -0.05) is 0 Å². The number of hydrogen-bond donors (Lipinski definition) is 1. The highest BCUT2D eigenvalue weighted by atomic mass is 16.5. The summed E-state index contributed by atoms with van der Waals surface area (Å²) in [6.45, 7) is 1.79. The predicted octanol–water partition coefficient (Wildman–Crippen LogP) is 1.93. The minimum Gasteiger partial charge on any atom is -0.491 e. The standard InChI is InChI=1S/C17H23NO5/c1-21-16(19)5-2-10-18-17(20)13-6-8-14(9-7-13)23-12-15-4-3-11-22-15/h6-9,15H,2-5,10-12H2,1H3,(H,18,20)/t15-/m0/s1. The third kappa shape index (κ3) is 5.90. The average Bonchev–Trinajstić information content (AvgIpc) is 3.10. The van der Waals surface area contributed by atoms with E-state index in [1.807, 2.05) is 0 Å². The van der Waals surface area contributed by atoms with Crippen LogP contribution in [0.4, 0.5) is 0 Å². The van der Waals surface area contributed by atoms with E-state index in [4.69, 9.17) is 9.47 Å². The van der Waals surface area contributed by atoms with Crippen molar-refractivity contribution >= 4 is 11.9 Å². The van der Waals surface area contributed by atoms with Crippen molar-refractivity contribution in [2.24, 2.45) is 0 Å². The monoisotopic (exact) mass is 321 g/mol. The molecule has 1 aliphatic heterocycles. The van der Waals surface area contributed by atoms with E-state index in [-0.39, 0.29) is 18.0 Å². The van der Waals surface area contributed by atoms with E-state index in [2.05, 4.69) is 10.1 Å². The summed E-state index contributed by atoms with van der Waals surface area (Å²) >= 11 is 0. The number of carbonyl (C=O) groups is 2. The third-order valence-corrected chi connectivity index (χ3v) is 3.65. The van der Waals surface area contributed by atoms with Crippen LogP contribution in [0.25, 0.3) is 0 Å². The van der Waals surface area contributed by atoms with E-state index in [0.29, 0.717) is 31.6 Å². The highest BCUT2D eigenvalue weighted by Gasteiger charge is 2.16. The van der Waals surface area contributed by atoms with Crippen LogP contribution < -0.4 is 10.1 Å². The molecule has 1 saturated heterocycles. The number of rotatable bonds is 8. The smallest absolute Gasteiger partial charge is 0.305 e. The minimum absolute atomic E-state index is 0.166. The van der Waals surface area contributed by atoms with Gasteiger partial charge in [-0.15, -0.1) is 0 Å². The number of ether oxygens (including phenoxy) is 3. The maximum Gasteiger partial charge on any atom is 0.305 e. The normalized spacial score (nSPS) is 16.8. The summed E-state index contributed by atoms with van der Waals surface area (Å²) in [6.07, 6.45) is 3.15. The van der Waals surface area contributed by atoms with Gasteiger partial charge in [-0.2, -0.15) is 0 Å². The van der Waals surface area contributed by atoms with Gasteiger partial charge in [0.15, 0.2) is 0 Å². The first-order valence-electron chi connectivity index (χ1n) is 7.88. The number of nitrogens with one attached hydrogen (secondary N) is 1. The van der Waals surface area contributed by atoms with Crippen LogP contribution in [-0.2, 0) is 14.3 Å². The van der Waals surface area contributed by atoms with Gasteiger partial charge in [0.25, 0.3) is 5.91 Å². The van der Waals surface area contributed by atoms with Crippen molar-refractivity contribution in [1.29, 1.82) is 0 Å². The van der Waals surface area contributed by atoms with Crippen LogP contribution in [0.1, 0.15) is 36.0 Å². The maximum atomic E-state index is 11.9. The Labute approximate surface area is 136 Å². The number of methoxy groups -OCH3 is 1. The lowest BCUT2D eigenvalue weighted by Gasteiger charge is -2.11. The van der Waals surface area contributed by atoms with Gasteiger partial charge in [0.2, 0.25) is 0 Å². The quantitative estimate of drug-likeness (QED) is 0.585. The topological polar surface area (TPSA) is 73.9 Å². The van der Waals surface area contributed by atoms with Crippen molar-refractivity contribution in [1.82, 2.24) is 5.32 Å². The fraction of sp³-hybridized carbons (Fsp3) is 0.529. The predicted molar refractivity (Wildman–Crippen MR) is 84.5 cm³/mol. The SMILES string of the molecule is COC(=O)CCCNC(=O)c1ccc(OC[C@@H]2CCCO2)cc1. The number of amides is 1. The Morgan fingerprint density at radius 1 is 1.30 bits per heavy atom. The molecule has 0 aliphatic carbocycles. The molecule has 126 valence electrons. The van der Waals surface area contributed by atoms with Crippen LogP contribution in [0.15, 0.2) is 24.3 Å². The molecule has 0 spiro atoms. The molecule has 0 saturated carbocycles. The Morgan fingerprint density at radius 3 is 2.74 bits per heavy atom. The second-order valence-corrected chi connectivity index (χ2v) is 5.41. The fourth-order valence-corrected chi connectivity index (χ4v) is 2.31. The van der Waals surface area contributed by atoms with Gasteiger partial charge in [0.1, 0.15) is 12.4 Å². The Bertz CT molecular complexity index is 508. The molecular formula is C17H23NO5. The zero-order chi connectivity index (χ0) is 16.5. The number of benzene rings is 1. The zero-order valence-electron chi connectivity index (χ0n) is 13.4. The third-order valence-electron chi connectivity index (χ3n) is 3.65. The van der Waals surface area contributed by atoms with Crippen LogP contribution in [0, 0.1) is 0 Å². The van der Waals surface area contributed by atoms with E-state index in [0.717, 1.165) is 25.2 Å². The average molecular weight is 321 g/mol. The lowest BCUT2D eigenvalue weighted by molar-refractivity contribution is -0.140. The Hall–Kier alpha value is -2.08. The minimum atomic E-state index is -0.271. The maximum absolute atomic E-state index is 11.9. The molecule has 6 heteroatoms. The lowest BCUT2D eigenvalue weighted by atomic mass is 10.2. The molecule has 1 aromatic rings. The largest absolute Gasteiger partial charge is 0.491 e. The number of esters is 1. The van der Waals surface area contributed by atoms with Gasteiger partial charge in [-0.3, -0.25) is 9.59 Å². The van der Waals surface area contributed by atoms with Crippen molar-refractivity contribution in [3.05, 3.63) is 29.8 Å². The molecule has 1 heterocycles. The molecule has 6 nitrogen and oxygen atoms in total. The molecular weight excluding hydrogens is 298 g/mol. The summed E-state index contributed by atoms with van der Waals surface area (Å²) in [6, 6.07) is 7.00. The highest BCUT2D eigenvalue weighted by molar-refractivity contribution is 5.94. The summed E-state index contributed by atoms with van der Waals surface area (Å²) in [5, 5.41) is 2.77. The molecule has 1 atom stereocenters. The lowest BCUT2D eigenvalue weighted by Crippen LogP contribution is -2.25. The van der Waals surface area contributed by atoms with Gasteiger partial charge in [-0.05, 0) is 43.5 Å².